The fraction of sp³-hybridized carbons (Fsp3) is 0.556. The molecule has 0 aliphatic heterocycles. The van der Waals surface area contributed by atoms with E-state index >= 15 is 0 Å². The summed E-state index contributed by atoms with van der Waals surface area (Å²) in [5, 5.41) is 2.85. The van der Waals surface area contributed by atoms with Gasteiger partial charge in [0, 0.05) is 6.42 Å². The number of amides is 1. The lowest BCUT2D eigenvalue weighted by molar-refractivity contribution is -0.145. The smallest absolute Gasteiger partial charge is 0.328 e. The second-order valence-electron chi connectivity index (χ2n) is 6.02. The number of hydrogen-bond donors (Lipinski definition) is 1. The summed E-state index contributed by atoms with van der Waals surface area (Å²) in [4.78, 5) is 24.0. The molecule has 0 radical (unpaired) electrons. The summed E-state index contributed by atoms with van der Waals surface area (Å²) >= 11 is 0. The number of nitrogens with one attached hydrogen (secondary N) is 1. The largest absolute Gasteiger partial charge is 0.467 e. The third-order valence-electron chi connectivity index (χ3n) is 4.33. The maximum absolute atomic E-state index is 12.1. The molecule has 1 N–H and O–H groups in total. The molecule has 22 heavy (non-hydrogen) atoms. The number of esters is 1. The minimum absolute atomic E-state index is 0.0321. The topological polar surface area (TPSA) is 55.4 Å². The molecule has 0 heterocycles. The number of carbonyl (C=O) groups is 2. The zero-order chi connectivity index (χ0) is 15.8. The molecule has 1 fully saturated rings. The number of hydrogen-bond acceptors (Lipinski definition) is 3. The number of rotatable bonds is 7. The van der Waals surface area contributed by atoms with Crippen LogP contribution in [0.3, 0.4) is 0 Å². The monoisotopic (exact) mass is 303 g/mol. The van der Waals surface area contributed by atoms with Crippen molar-refractivity contribution in [2.24, 2.45) is 5.92 Å². The van der Waals surface area contributed by atoms with Crippen LogP contribution < -0.4 is 5.32 Å². The van der Waals surface area contributed by atoms with Gasteiger partial charge in [-0.2, -0.15) is 0 Å². The van der Waals surface area contributed by atoms with Crippen LogP contribution in [0.1, 0.15) is 44.1 Å². The molecule has 1 aromatic carbocycles. The van der Waals surface area contributed by atoms with Gasteiger partial charge in [-0.05, 0) is 37.2 Å². The predicted molar refractivity (Wildman–Crippen MR) is 85.3 cm³/mol. The molecule has 1 saturated carbocycles. The first-order valence-corrected chi connectivity index (χ1v) is 8.10. The molecule has 0 bridgehead atoms. The van der Waals surface area contributed by atoms with Gasteiger partial charge in [0.05, 0.1) is 7.11 Å². The Kier molecular flexibility index (Phi) is 6.44. The summed E-state index contributed by atoms with van der Waals surface area (Å²) in [6, 6.07) is 9.40. The first-order valence-electron chi connectivity index (χ1n) is 8.10. The van der Waals surface area contributed by atoms with Crippen molar-refractivity contribution in [3.63, 3.8) is 0 Å². The average molecular weight is 303 g/mol. The molecule has 2 rings (SSSR count). The van der Waals surface area contributed by atoms with E-state index in [0.29, 0.717) is 18.8 Å². The summed E-state index contributed by atoms with van der Waals surface area (Å²) in [7, 11) is 1.36. The maximum Gasteiger partial charge on any atom is 0.328 e. The van der Waals surface area contributed by atoms with E-state index in [9.17, 15) is 9.59 Å². The van der Waals surface area contributed by atoms with E-state index in [2.05, 4.69) is 5.32 Å². The summed E-state index contributed by atoms with van der Waals surface area (Å²) in [5.41, 5.74) is 1.15. The predicted octanol–water partition coefficient (Wildman–Crippen LogP) is 2.86. The normalized spacial score (nSPS) is 16.2. The van der Waals surface area contributed by atoms with Crippen molar-refractivity contribution in [2.75, 3.05) is 7.11 Å². The number of carbonyl (C=O) groups excluding carboxylic acids is 2. The molecule has 4 nitrogen and oxygen atoms in total. The Hall–Kier alpha value is -1.84. The van der Waals surface area contributed by atoms with Crippen molar-refractivity contribution in [3.05, 3.63) is 35.9 Å². The van der Waals surface area contributed by atoms with Gasteiger partial charge in [0.1, 0.15) is 6.04 Å². The number of benzene rings is 1. The van der Waals surface area contributed by atoms with Gasteiger partial charge in [0.2, 0.25) is 5.91 Å². The molecule has 1 aliphatic carbocycles. The van der Waals surface area contributed by atoms with E-state index in [4.69, 9.17) is 4.74 Å². The average Bonchev–Trinajstić information content (AvgIpc) is 3.04. The highest BCUT2D eigenvalue weighted by molar-refractivity contribution is 5.84. The third kappa shape index (κ3) is 5.17. The van der Waals surface area contributed by atoms with E-state index in [1.807, 2.05) is 30.3 Å². The Balaban J connectivity index is 1.85. The lowest BCUT2D eigenvalue weighted by Gasteiger charge is -2.18. The second-order valence-corrected chi connectivity index (χ2v) is 6.02. The molecule has 0 spiro atoms. The standard InChI is InChI=1S/C18H25NO3/c1-22-18(21)16(12-11-14-7-3-2-4-8-14)19-17(20)13-15-9-5-6-10-15/h2-4,7-8,15-16H,5-6,9-13H2,1H3,(H,19,20)/t16-/m1/s1. The quantitative estimate of drug-likeness (QED) is 0.788. The van der Waals surface area contributed by atoms with E-state index < -0.39 is 6.04 Å². The highest BCUT2D eigenvalue weighted by Crippen LogP contribution is 2.27. The summed E-state index contributed by atoms with van der Waals surface area (Å²) < 4.78 is 4.82. The lowest BCUT2D eigenvalue weighted by atomic mass is 10.0. The second kappa shape index (κ2) is 8.57. The number of aryl methyl sites for hydroxylation is 1. The molecule has 1 aliphatic rings. The van der Waals surface area contributed by atoms with Crippen LogP contribution in [-0.2, 0) is 20.7 Å². The zero-order valence-corrected chi connectivity index (χ0v) is 13.2. The molecule has 1 atom stereocenters. The van der Waals surface area contributed by atoms with Gasteiger partial charge in [-0.15, -0.1) is 0 Å². The highest BCUT2D eigenvalue weighted by Gasteiger charge is 2.24. The van der Waals surface area contributed by atoms with E-state index in [-0.39, 0.29) is 11.9 Å². The van der Waals surface area contributed by atoms with Gasteiger partial charge in [0.15, 0.2) is 0 Å². The first kappa shape index (κ1) is 16.5. The molecule has 0 aromatic heterocycles. The molecule has 120 valence electrons. The summed E-state index contributed by atoms with van der Waals surface area (Å²) in [6.45, 7) is 0. The Morgan fingerprint density at radius 2 is 1.91 bits per heavy atom. The van der Waals surface area contributed by atoms with Crippen LogP contribution in [0.25, 0.3) is 0 Å². The maximum atomic E-state index is 12.1. The summed E-state index contributed by atoms with van der Waals surface area (Å²) in [6.07, 6.45) is 6.51. The van der Waals surface area contributed by atoms with Crippen molar-refractivity contribution >= 4 is 11.9 Å². The van der Waals surface area contributed by atoms with E-state index in [1.165, 1.54) is 20.0 Å². The molecule has 1 aromatic rings. The molecule has 0 saturated heterocycles. The van der Waals surface area contributed by atoms with Gasteiger partial charge in [-0.3, -0.25) is 4.79 Å². The minimum Gasteiger partial charge on any atom is -0.467 e. The number of ether oxygens (including phenoxy) is 1. The van der Waals surface area contributed by atoms with Gasteiger partial charge in [0.25, 0.3) is 0 Å². The number of methoxy groups -OCH3 is 1. The Morgan fingerprint density at radius 3 is 2.55 bits per heavy atom. The van der Waals surface area contributed by atoms with Crippen LogP contribution in [0.4, 0.5) is 0 Å². The van der Waals surface area contributed by atoms with E-state index in [0.717, 1.165) is 24.8 Å². The van der Waals surface area contributed by atoms with E-state index in [1.54, 1.807) is 0 Å². The molecule has 0 unspecified atom stereocenters. The van der Waals surface area contributed by atoms with Crippen LogP contribution in [0, 0.1) is 5.92 Å². The van der Waals surface area contributed by atoms with Crippen LogP contribution in [-0.4, -0.2) is 25.0 Å². The van der Waals surface area contributed by atoms with Crippen molar-refractivity contribution in [1.29, 1.82) is 0 Å². The fourth-order valence-electron chi connectivity index (χ4n) is 3.08. The molecular weight excluding hydrogens is 278 g/mol. The lowest BCUT2D eigenvalue weighted by Crippen LogP contribution is -2.42. The Bertz CT molecular complexity index is 480. The van der Waals surface area contributed by atoms with Gasteiger partial charge < -0.3 is 10.1 Å². The minimum atomic E-state index is -0.556. The van der Waals surface area contributed by atoms with Crippen LogP contribution >= 0.6 is 0 Å². The van der Waals surface area contributed by atoms with Crippen LogP contribution in [0.2, 0.25) is 0 Å². The zero-order valence-electron chi connectivity index (χ0n) is 13.2. The van der Waals surface area contributed by atoms with Crippen molar-refractivity contribution < 1.29 is 14.3 Å². The highest BCUT2D eigenvalue weighted by atomic mass is 16.5. The van der Waals surface area contributed by atoms with Gasteiger partial charge in [-0.25, -0.2) is 4.79 Å². The SMILES string of the molecule is COC(=O)[C@@H](CCc1ccccc1)NC(=O)CC1CCCC1. The van der Waals surface area contributed by atoms with Crippen molar-refractivity contribution in [3.8, 4) is 0 Å². The third-order valence-corrected chi connectivity index (χ3v) is 4.33. The summed E-state index contributed by atoms with van der Waals surface area (Å²) in [5.74, 6) is 0.0819. The molecule has 1 amide bonds. The van der Waals surface area contributed by atoms with Gasteiger partial charge in [-0.1, -0.05) is 43.2 Å². The molecular formula is C18H25NO3. The Morgan fingerprint density at radius 1 is 1.23 bits per heavy atom. The molecule has 4 heteroatoms. The van der Waals surface area contributed by atoms with Gasteiger partial charge >= 0.3 is 5.97 Å². The first-order chi connectivity index (χ1) is 10.7. The Labute approximate surface area is 132 Å². The van der Waals surface area contributed by atoms with Crippen LogP contribution in [0.5, 0.6) is 0 Å². The van der Waals surface area contributed by atoms with Crippen LogP contribution in [0.15, 0.2) is 30.3 Å². The van der Waals surface area contributed by atoms with Crippen molar-refractivity contribution in [1.82, 2.24) is 5.32 Å². The van der Waals surface area contributed by atoms with Crippen molar-refractivity contribution in [2.45, 2.75) is 51.0 Å². The fourth-order valence-corrected chi connectivity index (χ4v) is 3.08.